The predicted octanol–water partition coefficient (Wildman–Crippen LogP) is 4.57. The fourth-order valence-corrected chi connectivity index (χ4v) is 4.55. The van der Waals surface area contributed by atoms with Crippen molar-refractivity contribution in [2.24, 2.45) is 12.0 Å². The van der Waals surface area contributed by atoms with E-state index in [-0.39, 0.29) is 24.0 Å². The van der Waals surface area contributed by atoms with Gasteiger partial charge in [-0.25, -0.2) is 9.79 Å². The van der Waals surface area contributed by atoms with E-state index in [9.17, 15) is 4.79 Å². The molecular formula is C25H30ClN3O3. The highest BCUT2D eigenvalue weighted by atomic mass is 35.5. The fourth-order valence-electron chi connectivity index (χ4n) is 4.55. The number of hydrogen-bond donors (Lipinski definition) is 0. The Hall–Kier alpha value is -2.99. The number of aryl methyl sites for hydroxylation is 3. The van der Waals surface area contributed by atoms with Gasteiger partial charge in [-0.15, -0.1) is 12.4 Å². The summed E-state index contributed by atoms with van der Waals surface area (Å²) in [6, 6.07) is 10.2. The van der Waals surface area contributed by atoms with E-state index in [1.807, 2.05) is 22.8 Å². The molecule has 0 saturated carbocycles. The molecule has 1 aliphatic rings. The fraction of sp³-hybridized carbons (Fsp3) is 0.360. The Bertz CT molecular complexity index is 1300. The van der Waals surface area contributed by atoms with Gasteiger partial charge >= 0.3 is 5.69 Å². The van der Waals surface area contributed by atoms with Gasteiger partial charge in [-0.2, -0.15) is 0 Å². The second-order valence-electron chi connectivity index (χ2n) is 8.39. The third-order valence-corrected chi connectivity index (χ3v) is 6.10. The van der Waals surface area contributed by atoms with E-state index in [4.69, 9.17) is 14.5 Å². The zero-order valence-corrected chi connectivity index (χ0v) is 20.5. The maximum atomic E-state index is 13.3. The van der Waals surface area contributed by atoms with Gasteiger partial charge < -0.3 is 9.47 Å². The Kier molecular flexibility index (Phi) is 6.56. The Morgan fingerprint density at radius 3 is 2.16 bits per heavy atom. The molecule has 1 aromatic heterocycles. The molecule has 0 amide bonds. The molecule has 3 aromatic rings. The van der Waals surface area contributed by atoms with E-state index in [0.717, 1.165) is 33.6 Å². The highest BCUT2D eigenvalue weighted by Crippen LogP contribution is 2.41. The zero-order chi connectivity index (χ0) is 22.4. The molecule has 0 spiro atoms. The molecule has 0 radical (unpaired) electrons. The van der Waals surface area contributed by atoms with Crippen LogP contribution >= 0.6 is 12.4 Å². The quantitative estimate of drug-likeness (QED) is 0.581. The summed E-state index contributed by atoms with van der Waals surface area (Å²) in [6.07, 6.45) is 0. The third-order valence-electron chi connectivity index (χ3n) is 6.10. The van der Waals surface area contributed by atoms with Crippen molar-refractivity contribution in [2.45, 2.75) is 40.2 Å². The lowest BCUT2D eigenvalue weighted by Gasteiger charge is -2.28. The van der Waals surface area contributed by atoms with Gasteiger partial charge in [-0.1, -0.05) is 24.6 Å². The van der Waals surface area contributed by atoms with Crippen molar-refractivity contribution in [1.82, 2.24) is 9.13 Å². The SMILES string of the molecule is COc1cc2c(cc1OC)C(C)Cn1c-2cc(=Nc2c(C)cc(C)cc2C)n(C)c1=O.Cl. The lowest BCUT2D eigenvalue weighted by Crippen LogP contribution is -2.41. The van der Waals surface area contributed by atoms with E-state index < -0.39 is 0 Å². The van der Waals surface area contributed by atoms with Crippen LogP contribution < -0.4 is 20.7 Å². The number of aromatic nitrogens is 2. The summed E-state index contributed by atoms with van der Waals surface area (Å²) in [5, 5.41) is 0. The number of rotatable bonds is 3. The van der Waals surface area contributed by atoms with Crippen LogP contribution in [0.4, 0.5) is 5.69 Å². The van der Waals surface area contributed by atoms with E-state index in [1.54, 1.807) is 25.8 Å². The molecule has 1 atom stereocenters. The lowest BCUT2D eigenvalue weighted by molar-refractivity contribution is 0.354. The van der Waals surface area contributed by atoms with Crippen LogP contribution in [-0.2, 0) is 13.6 Å². The highest BCUT2D eigenvalue weighted by molar-refractivity contribution is 5.85. The van der Waals surface area contributed by atoms with Crippen LogP contribution in [0.1, 0.15) is 35.1 Å². The second-order valence-corrected chi connectivity index (χ2v) is 8.39. The maximum absolute atomic E-state index is 13.3. The lowest BCUT2D eigenvalue weighted by atomic mass is 9.89. The normalized spacial score (nSPS) is 15.0. The van der Waals surface area contributed by atoms with E-state index in [0.29, 0.717) is 23.5 Å². The van der Waals surface area contributed by atoms with Crippen molar-refractivity contribution in [3.8, 4) is 22.8 Å². The first-order valence-corrected chi connectivity index (χ1v) is 10.4. The standard InChI is InChI=1S/C25H29N3O3.ClH/c1-14-8-15(2)24(16(3)9-14)26-23-12-20-19-11-22(31-7)21(30-6)10-18(19)17(4)13-28(20)25(29)27(23)5;/h8-12,17H,13H2,1-7H3;1H. The van der Waals surface area contributed by atoms with Crippen LogP contribution in [0.5, 0.6) is 11.5 Å². The molecule has 0 aliphatic carbocycles. The van der Waals surface area contributed by atoms with Crippen LogP contribution in [0, 0.1) is 20.8 Å². The average molecular weight is 456 g/mol. The van der Waals surface area contributed by atoms with Crippen LogP contribution in [0.3, 0.4) is 0 Å². The van der Waals surface area contributed by atoms with E-state index >= 15 is 0 Å². The van der Waals surface area contributed by atoms with Gasteiger partial charge in [0, 0.05) is 31.1 Å². The van der Waals surface area contributed by atoms with Crippen molar-refractivity contribution in [2.75, 3.05) is 14.2 Å². The van der Waals surface area contributed by atoms with Gasteiger partial charge in [0.05, 0.1) is 25.6 Å². The number of ether oxygens (including phenoxy) is 2. The largest absolute Gasteiger partial charge is 0.493 e. The van der Waals surface area contributed by atoms with Crippen molar-refractivity contribution < 1.29 is 9.47 Å². The summed E-state index contributed by atoms with van der Waals surface area (Å²) < 4.78 is 14.5. The molecule has 1 aliphatic heterocycles. The number of methoxy groups -OCH3 is 2. The van der Waals surface area contributed by atoms with Crippen molar-refractivity contribution in [1.29, 1.82) is 0 Å². The van der Waals surface area contributed by atoms with Crippen molar-refractivity contribution in [3.63, 3.8) is 0 Å². The molecule has 1 unspecified atom stereocenters. The minimum Gasteiger partial charge on any atom is -0.493 e. The van der Waals surface area contributed by atoms with Crippen LogP contribution in [-0.4, -0.2) is 23.4 Å². The second kappa shape index (κ2) is 8.87. The van der Waals surface area contributed by atoms with Crippen molar-refractivity contribution in [3.05, 3.63) is 68.6 Å². The molecule has 170 valence electrons. The molecule has 2 heterocycles. The van der Waals surface area contributed by atoms with Gasteiger partial charge in [0.2, 0.25) is 0 Å². The van der Waals surface area contributed by atoms with Gasteiger partial charge in [-0.3, -0.25) is 9.13 Å². The van der Waals surface area contributed by atoms with Gasteiger partial charge in [0.1, 0.15) is 5.49 Å². The number of hydrogen-bond acceptors (Lipinski definition) is 4. The van der Waals surface area contributed by atoms with Gasteiger partial charge in [-0.05, 0) is 49.6 Å². The smallest absolute Gasteiger partial charge is 0.329 e. The number of nitrogens with zero attached hydrogens (tertiary/aromatic N) is 3. The Balaban J connectivity index is 0.00000289. The van der Waals surface area contributed by atoms with E-state index in [1.165, 1.54) is 5.56 Å². The van der Waals surface area contributed by atoms with Crippen molar-refractivity contribution >= 4 is 18.1 Å². The third kappa shape index (κ3) is 3.84. The molecule has 7 heteroatoms. The summed E-state index contributed by atoms with van der Waals surface area (Å²) in [5.74, 6) is 1.51. The molecule has 0 bridgehead atoms. The molecule has 0 N–H and O–H groups in total. The van der Waals surface area contributed by atoms with Crippen LogP contribution in [0.25, 0.3) is 11.3 Å². The first kappa shape index (κ1) is 23.7. The molecule has 2 aromatic carbocycles. The Labute approximate surface area is 194 Å². The summed E-state index contributed by atoms with van der Waals surface area (Å²) in [5.41, 5.74) is 7.80. The summed E-state index contributed by atoms with van der Waals surface area (Å²) in [4.78, 5) is 18.2. The van der Waals surface area contributed by atoms with Crippen LogP contribution in [0.15, 0.2) is 40.1 Å². The molecule has 6 nitrogen and oxygen atoms in total. The number of fused-ring (bicyclic) bond motifs is 3. The molecule has 0 saturated heterocycles. The molecule has 32 heavy (non-hydrogen) atoms. The predicted molar refractivity (Wildman–Crippen MR) is 130 cm³/mol. The number of halogens is 1. The first-order valence-electron chi connectivity index (χ1n) is 10.4. The minimum atomic E-state index is -0.0778. The van der Waals surface area contributed by atoms with Gasteiger partial charge in [0.25, 0.3) is 0 Å². The van der Waals surface area contributed by atoms with Gasteiger partial charge in [0.15, 0.2) is 11.5 Å². The summed E-state index contributed by atoms with van der Waals surface area (Å²) >= 11 is 0. The Morgan fingerprint density at radius 2 is 1.56 bits per heavy atom. The van der Waals surface area contributed by atoms with E-state index in [2.05, 4.69) is 39.8 Å². The Morgan fingerprint density at radius 1 is 0.969 bits per heavy atom. The zero-order valence-electron chi connectivity index (χ0n) is 19.6. The topological polar surface area (TPSA) is 57.8 Å². The van der Waals surface area contributed by atoms with Crippen LogP contribution in [0.2, 0.25) is 0 Å². The molecule has 0 fully saturated rings. The first-order chi connectivity index (χ1) is 14.7. The highest BCUT2D eigenvalue weighted by Gasteiger charge is 2.26. The molecular weight excluding hydrogens is 426 g/mol. The number of benzene rings is 2. The maximum Gasteiger partial charge on any atom is 0.329 e. The summed E-state index contributed by atoms with van der Waals surface area (Å²) in [7, 11) is 5.04. The minimum absolute atomic E-state index is 0. The monoisotopic (exact) mass is 455 g/mol. The molecule has 4 rings (SSSR count). The average Bonchev–Trinajstić information content (AvgIpc) is 2.73. The summed E-state index contributed by atoms with van der Waals surface area (Å²) in [6.45, 7) is 8.91.